The summed E-state index contributed by atoms with van der Waals surface area (Å²) < 4.78 is 21.7. The molecule has 3 heterocycles. The second-order valence-electron chi connectivity index (χ2n) is 10.8. The van der Waals surface area contributed by atoms with E-state index in [1.54, 1.807) is 26.6 Å². The minimum absolute atomic E-state index is 0.0332. The third-order valence-corrected chi connectivity index (χ3v) is 6.59. The van der Waals surface area contributed by atoms with Crippen LogP contribution in [0, 0.1) is 12.7 Å². The van der Waals surface area contributed by atoms with Crippen molar-refractivity contribution < 1.29 is 18.7 Å². The molecular weight excluding hydrogens is 485 g/mol. The first-order valence-electron chi connectivity index (χ1n) is 13.0. The normalized spacial score (nSPS) is 14.1. The first-order chi connectivity index (χ1) is 17.9. The van der Waals surface area contributed by atoms with Gasteiger partial charge in [0.1, 0.15) is 17.2 Å². The van der Waals surface area contributed by atoms with Crippen LogP contribution in [0.4, 0.5) is 9.18 Å². The SMILES string of the molecule is CCN(C(=O)c1cc(F)ccc1-c1cc(C2=CCN(C(=O)OC(C)(C)C)CC2)nn2c(C)ncc12)C(C)C. The molecule has 2 amide bonds. The van der Waals surface area contributed by atoms with Gasteiger partial charge in [0.15, 0.2) is 0 Å². The lowest BCUT2D eigenvalue weighted by Crippen LogP contribution is -2.39. The van der Waals surface area contributed by atoms with Gasteiger partial charge < -0.3 is 14.5 Å². The standard InChI is InChI=1S/C29H36FN5O3/c1-8-34(18(2)3)27(36)24-15-21(30)9-10-22(24)23-16-25(32-35-19(4)31-17-26(23)35)20-11-13-33(14-12-20)28(37)38-29(5,6)7/h9-11,15-18H,8,12-14H2,1-7H3. The van der Waals surface area contributed by atoms with Crippen LogP contribution in [-0.2, 0) is 4.74 Å². The topological polar surface area (TPSA) is 80.0 Å². The zero-order chi connectivity index (χ0) is 27.8. The van der Waals surface area contributed by atoms with Gasteiger partial charge in [0.05, 0.1) is 23.0 Å². The quantitative estimate of drug-likeness (QED) is 0.428. The zero-order valence-electron chi connectivity index (χ0n) is 23.2. The number of nitrogens with zero attached hydrogens (tertiary/aromatic N) is 5. The van der Waals surface area contributed by atoms with Crippen molar-refractivity contribution in [1.82, 2.24) is 24.4 Å². The van der Waals surface area contributed by atoms with Crippen molar-refractivity contribution in [2.24, 2.45) is 0 Å². The number of aryl methyl sites for hydroxylation is 1. The third kappa shape index (κ3) is 5.56. The molecule has 0 N–H and O–H groups in total. The predicted octanol–water partition coefficient (Wildman–Crippen LogP) is 5.74. The van der Waals surface area contributed by atoms with Crippen LogP contribution in [0.25, 0.3) is 22.2 Å². The molecule has 1 aromatic carbocycles. The Balaban J connectivity index is 1.78. The zero-order valence-corrected chi connectivity index (χ0v) is 23.2. The van der Waals surface area contributed by atoms with Crippen LogP contribution in [0.15, 0.2) is 36.5 Å². The molecule has 4 rings (SSSR count). The number of benzene rings is 1. The van der Waals surface area contributed by atoms with Gasteiger partial charge in [-0.05, 0) is 84.2 Å². The predicted molar refractivity (Wildman–Crippen MR) is 145 cm³/mol. The van der Waals surface area contributed by atoms with Gasteiger partial charge in [-0.3, -0.25) is 4.79 Å². The van der Waals surface area contributed by atoms with Gasteiger partial charge >= 0.3 is 6.09 Å². The largest absolute Gasteiger partial charge is 0.444 e. The molecule has 3 aromatic rings. The Kier molecular flexibility index (Phi) is 7.58. The number of halogens is 1. The Morgan fingerprint density at radius 2 is 1.92 bits per heavy atom. The van der Waals surface area contributed by atoms with Crippen molar-refractivity contribution in [3.05, 3.63) is 59.4 Å². The van der Waals surface area contributed by atoms with Gasteiger partial charge in [-0.15, -0.1) is 0 Å². The van der Waals surface area contributed by atoms with E-state index in [0.717, 1.165) is 22.3 Å². The highest BCUT2D eigenvalue weighted by Crippen LogP contribution is 2.33. The number of carbonyl (C=O) groups is 2. The molecule has 1 aliphatic rings. The molecule has 0 aliphatic carbocycles. The van der Waals surface area contributed by atoms with E-state index in [4.69, 9.17) is 9.84 Å². The van der Waals surface area contributed by atoms with Gasteiger partial charge in [-0.1, -0.05) is 12.1 Å². The Morgan fingerprint density at radius 1 is 1.18 bits per heavy atom. The molecule has 0 saturated heterocycles. The molecule has 1 aliphatic heterocycles. The molecule has 202 valence electrons. The summed E-state index contributed by atoms with van der Waals surface area (Å²) >= 11 is 0. The van der Waals surface area contributed by atoms with Crippen LogP contribution in [0.5, 0.6) is 0 Å². The summed E-state index contributed by atoms with van der Waals surface area (Å²) in [6.07, 6.45) is 3.95. The molecule has 9 heteroatoms. The van der Waals surface area contributed by atoms with E-state index < -0.39 is 11.4 Å². The number of hydrogen-bond donors (Lipinski definition) is 0. The molecule has 38 heavy (non-hydrogen) atoms. The third-order valence-electron chi connectivity index (χ3n) is 6.59. The highest BCUT2D eigenvalue weighted by atomic mass is 19.1. The summed E-state index contributed by atoms with van der Waals surface area (Å²) in [4.78, 5) is 33.9. The van der Waals surface area contributed by atoms with Gasteiger partial charge in [0.2, 0.25) is 0 Å². The van der Waals surface area contributed by atoms with Gasteiger partial charge in [-0.25, -0.2) is 18.7 Å². The molecule has 0 radical (unpaired) electrons. The minimum atomic E-state index is -0.561. The van der Waals surface area contributed by atoms with E-state index >= 15 is 0 Å². The number of ether oxygens (including phenoxy) is 1. The lowest BCUT2D eigenvalue weighted by atomic mass is 9.96. The first kappa shape index (κ1) is 27.3. The van der Waals surface area contributed by atoms with Crippen LogP contribution in [0.2, 0.25) is 0 Å². The van der Waals surface area contributed by atoms with Crippen LogP contribution in [-0.4, -0.2) is 67.7 Å². The molecule has 2 aromatic heterocycles. The second-order valence-corrected chi connectivity index (χ2v) is 10.8. The molecule has 0 bridgehead atoms. The molecule has 0 unspecified atom stereocenters. The number of amides is 2. The minimum Gasteiger partial charge on any atom is -0.444 e. The van der Waals surface area contributed by atoms with Crippen molar-refractivity contribution in [3.8, 4) is 11.1 Å². The van der Waals surface area contributed by atoms with Gasteiger partial charge in [-0.2, -0.15) is 5.10 Å². The number of hydrogen-bond acceptors (Lipinski definition) is 5. The molecule has 0 saturated carbocycles. The smallest absolute Gasteiger partial charge is 0.410 e. The maximum Gasteiger partial charge on any atom is 0.410 e. The molecule has 8 nitrogen and oxygen atoms in total. The van der Waals surface area contributed by atoms with E-state index in [1.165, 1.54) is 12.1 Å². The lowest BCUT2D eigenvalue weighted by molar-refractivity contribution is 0.0270. The number of carbonyl (C=O) groups excluding carboxylic acids is 2. The van der Waals surface area contributed by atoms with Crippen LogP contribution >= 0.6 is 0 Å². The Bertz CT molecular complexity index is 1400. The molecular formula is C29H36FN5O3. The van der Waals surface area contributed by atoms with E-state index in [1.807, 2.05) is 60.6 Å². The Morgan fingerprint density at radius 3 is 2.53 bits per heavy atom. The fourth-order valence-electron chi connectivity index (χ4n) is 4.69. The summed E-state index contributed by atoms with van der Waals surface area (Å²) in [5.41, 5.74) is 3.53. The van der Waals surface area contributed by atoms with Crippen LogP contribution < -0.4 is 0 Å². The number of rotatable bonds is 5. The van der Waals surface area contributed by atoms with Gasteiger partial charge in [0.25, 0.3) is 5.91 Å². The summed E-state index contributed by atoms with van der Waals surface area (Å²) in [7, 11) is 0. The van der Waals surface area contributed by atoms with E-state index in [0.29, 0.717) is 43.0 Å². The summed E-state index contributed by atoms with van der Waals surface area (Å²) in [6.45, 7) is 14.6. The average Bonchev–Trinajstić information content (AvgIpc) is 3.23. The highest BCUT2D eigenvalue weighted by Gasteiger charge is 2.26. The highest BCUT2D eigenvalue weighted by molar-refractivity contribution is 6.03. The fraction of sp³-hybridized carbons (Fsp3) is 0.448. The Labute approximate surface area is 223 Å². The van der Waals surface area contributed by atoms with Gasteiger partial charge in [0, 0.05) is 31.2 Å². The lowest BCUT2D eigenvalue weighted by Gasteiger charge is -2.29. The van der Waals surface area contributed by atoms with E-state index in [-0.39, 0.29) is 18.0 Å². The number of imidazole rings is 1. The number of aromatic nitrogens is 3. The van der Waals surface area contributed by atoms with Crippen molar-refractivity contribution in [1.29, 1.82) is 0 Å². The second kappa shape index (κ2) is 10.6. The Hall–Kier alpha value is -3.75. The van der Waals surface area contributed by atoms with Crippen molar-refractivity contribution >= 4 is 23.1 Å². The summed E-state index contributed by atoms with van der Waals surface area (Å²) in [6, 6.07) is 6.23. The molecule has 0 spiro atoms. The first-order valence-corrected chi connectivity index (χ1v) is 13.0. The van der Waals surface area contributed by atoms with Crippen molar-refractivity contribution in [2.75, 3.05) is 19.6 Å². The molecule has 0 fully saturated rings. The maximum atomic E-state index is 14.4. The van der Waals surface area contributed by atoms with Crippen LogP contribution in [0.1, 0.15) is 69.8 Å². The fourth-order valence-corrected chi connectivity index (χ4v) is 4.69. The van der Waals surface area contributed by atoms with Crippen molar-refractivity contribution in [3.63, 3.8) is 0 Å². The van der Waals surface area contributed by atoms with Crippen molar-refractivity contribution in [2.45, 2.75) is 66.5 Å². The monoisotopic (exact) mass is 521 g/mol. The van der Waals surface area contributed by atoms with E-state index in [9.17, 15) is 14.0 Å². The van der Waals surface area contributed by atoms with Crippen LogP contribution in [0.3, 0.4) is 0 Å². The average molecular weight is 522 g/mol. The maximum absolute atomic E-state index is 14.4. The number of fused-ring (bicyclic) bond motifs is 1. The van der Waals surface area contributed by atoms with E-state index in [2.05, 4.69) is 4.98 Å². The summed E-state index contributed by atoms with van der Waals surface area (Å²) in [5.74, 6) is 0.000925. The summed E-state index contributed by atoms with van der Waals surface area (Å²) in [5, 5.41) is 4.83. The molecule has 0 atom stereocenters.